The van der Waals surface area contributed by atoms with Gasteiger partial charge in [-0.15, -0.1) is 0 Å². The first kappa shape index (κ1) is 10.5. The van der Waals surface area contributed by atoms with E-state index in [1.54, 1.807) is 6.20 Å². The summed E-state index contributed by atoms with van der Waals surface area (Å²) in [6.07, 6.45) is 2.90. The van der Waals surface area contributed by atoms with Crippen molar-refractivity contribution in [1.29, 1.82) is 0 Å². The summed E-state index contributed by atoms with van der Waals surface area (Å²) in [6, 6.07) is 0. The second kappa shape index (κ2) is 5.21. The van der Waals surface area contributed by atoms with Crippen LogP contribution in [0.4, 0.5) is 11.8 Å². The van der Waals surface area contributed by atoms with Crippen LogP contribution in [-0.4, -0.2) is 23.6 Å². The van der Waals surface area contributed by atoms with Crippen molar-refractivity contribution in [1.82, 2.24) is 9.97 Å². The van der Waals surface area contributed by atoms with E-state index in [1.165, 1.54) is 0 Å². The zero-order valence-electron chi connectivity index (χ0n) is 7.76. The second-order valence-corrected chi connectivity index (χ2v) is 3.73. The largest absolute Gasteiger partial charge is 0.369 e. The standard InChI is InChI=1S/C8H13IN4/c1-3-4-11-7-6(9)5-12-8(10-2)13-7/h5H,3-4H2,1-2H3,(H2,10,11,12,13). The molecule has 1 rings (SSSR count). The number of hydrogen-bond acceptors (Lipinski definition) is 4. The van der Waals surface area contributed by atoms with E-state index in [0.29, 0.717) is 5.95 Å². The van der Waals surface area contributed by atoms with Crippen LogP contribution in [0.25, 0.3) is 0 Å². The third-order valence-corrected chi connectivity index (χ3v) is 2.30. The molecular formula is C8H13IN4. The molecule has 0 aliphatic heterocycles. The van der Waals surface area contributed by atoms with Gasteiger partial charge >= 0.3 is 0 Å². The molecule has 0 spiro atoms. The minimum absolute atomic E-state index is 0.652. The SMILES string of the molecule is CCCNc1nc(NC)ncc1I. The molecule has 0 aromatic carbocycles. The van der Waals surface area contributed by atoms with Crippen molar-refractivity contribution in [3.05, 3.63) is 9.77 Å². The molecule has 0 amide bonds. The van der Waals surface area contributed by atoms with Gasteiger partial charge in [-0.2, -0.15) is 4.98 Å². The highest BCUT2D eigenvalue weighted by molar-refractivity contribution is 14.1. The van der Waals surface area contributed by atoms with Crippen LogP contribution in [0.5, 0.6) is 0 Å². The molecular weight excluding hydrogens is 279 g/mol. The van der Waals surface area contributed by atoms with Crippen molar-refractivity contribution in [2.75, 3.05) is 24.2 Å². The summed E-state index contributed by atoms with van der Waals surface area (Å²) in [4.78, 5) is 8.38. The van der Waals surface area contributed by atoms with Crippen molar-refractivity contribution in [2.24, 2.45) is 0 Å². The molecule has 0 aliphatic carbocycles. The van der Waals surface area contributed by atoms with Gasteiger partial charge in [-0.25, -0.2) is 4.98 Å². The lowest BCUT2D eigenvalue weighted by molar-refractivity contribution is 0.962. The zero-order chi connectivity index (χ0) is 9.68. The van der Waals surface area contributed by atoms with Gasteiger partial charge in [0.25, 0.3) is 0 Å². The number of nitrogens with zero attached hydrogens (tertiary/aromatic N) is 2. The van der Waals surface area contributed by atoms with Gasteiger partial charge in [-0.1, -0.05) is 6.92 Å². The highest BCUT2D eigenvalue weighted by atomic mass is 127. The third kappa shape index (κ3) is 2.98. The maximum absolute atomic E-state index is 4.29. The number of hydrogen-bond donors (Lipinski definition) is 2. The quantitative estimate of drug-likeness (QED) is 0.833. The van der Waals surface area contributed by atoms with E-state index in [0.717, 1.165) is 22.4 Å². The van der Waals surface area contributed by atoms with Crippen LogP contribution in [0, 0.1) is 3.57 Å². The predicted octanol–water partition coefficient (Wildman–Crippen LogP) is 1.94. The molecule has 0 radical (unpaired) electrons. The Hall–Kier alpha value is -0.590. The summed E-state index contributed by atoms with van der Waals surface area (Å²) in [5.41, 5.74) is 0. The van der Waals surface area contributed by atoms with Gasteiger partial charge in [-0.3, -0.25) is 0 Å². The minimum atomic E-state index is 0.652. The molecule has 5 heteroatoms. The Kier molecular flexibility index (Phi) is 4.20. The summed E-state index contributed by atoms with van der Waals surface area (Å²) in [7, 11) is 1.81. The molecule has 0 unspecified atom stereocenters. The Labute approximate surface area is 91.7 Å². The van der Waals surface area contributed by atoms with Crippen LogP contribution >= 0.6 is 22.6 Å². The number of aromatic nitrogens is 2. The van der Waals surface area contributed by atoms with Crippen LogP contribution < -0.4 is 10.6 Å². The molecule has 0 aliphatic rings. The van der Waals surface area contributed by atoms with Crippen LogP contribution in [0.3, 0.4) is 0 Å². The maximum Gasteiger partial charge on any atom is 0.224 e. The fourth-order valence-electron chi connectivity index (χ4n) is 0.855. The zero-order valence-corrected chi connectivity index (χ0v) is 9.92. The van der Waals surface area contributed by atoms with Crippen molar-refractivity contribution < 1.29 is 0 Å². The van der Waals surface area contributed by atoms with Gasteiger partial charge in [-0.05, 0) is 29.0 Å². The Morgan fingerprint density at radius 3 is 2.92 bits per heavy atom. The molecule has 0 atom stereocenters. The second-order valence-electron chi connectivity index (χ2n) is 2.57. The first-order valence-corrected chi connectivity index (χ1v) is 5.30. The van der Waals surface area contributed by atoms with Gasteiger partial charge in [0.15, 0.2) is 0 Å². The summed E-state index contributed by atoms with van der Waals surface area (Å²) < 4.78 is 1.05. The average molecular weight is 292 g/mol. The number of rotatable bonds is 4. The lowest BCUT2D eigenvalue weighted by Crippen LogP contribution is -2.06. The fourth-order valence-corrected chi connectivity index (χ4v) is 1.31. The molecule has 4 nitrogen and oxygen atoms in total. The summed E-state index contributed by atoms with van der Waals surface area (Å²) in [5.74, 6) is 1.56. The Balaban J connectivity index is 2.78. The Bertz CT molecular complexity index is 277. The van der Waals surface area contributed by atoms with Crippen molar-refractivity contribution in [3.8, 4) is 0 Å². The van der Waals surface area contributed by atoms with Gasteiger partial charge in [0.2, 0.25) is 5.95 Å². The highest BCUT2D eigenvalue weighted by Crippen LogP contribution is 2.15. The number of halogens is 1. The summed E-state index contributed by atoms with van der Waals surface area (Å²) in [6.45, 7) is 3.07. The van der Waals surface area contributed by atoms with E-state index in [4.69, 9.17) is 0 Å². The van der Waals surface area contributed by atoms with Crippen LogP contribution in [0.15, 0.2) is 6.20 Å². The van der Waals surface area contributed by atoms with Crippen LogP contribution in [0.2, 0.25) is 0 Å². The molecule has 13 heavy (non-hydrogen) atoms. The van der Waals surface area contributed by atoms with E-state index in [2.05, 4.69) is 50.1 Å². The molecule has 0 saturated heterocycles. The van der Waals surface area contributed by atoms with Gasteiger partial charge in [0, 0.05) is 19.8 Å². The highest BCUT2D eigenvalue weighted by Gasteiger charge is 2.01. The lowest BCUT2D eigenvalue weighted by atomic mass is 10.4. The van der Waals surface area contributed by atoms with E-state index in [9.17, 15) is 0 Å². The van der Waals surface area contributed by atoms with E-state index >= 15 is 0 Å². The topological polar surface area (TPSA) is 49.8 Å². The summed E-state index contributed by atoms with van der Waals surface area (Å²) >= 11 is 2.22. The summed E-state index contributed by atoms with van der Waals surface area (Å²) in [5, 5.41) is 6.14. The van der Waals surface area contributed by atoms with Gasteiger partial charge in [0.05, 0.1) is 3.57 Å². The molecule has 1 aromatic heterocycles. The molecule has 0 saturated carbocycles. The maximum atomic E-state index is 4.29. The molecule has 0 bridgehead atoms. The minimum Gasteiger partial charge on any atom is -0.369 e. The van der Waals surface area contributed by atoms with E-state index in [1.807, 2.05) is 7.05 Å². The first-order valence-electron chi connectivity index (χ1n) is 4.22. The van der Waals surface area contributed by atoms with E-state index < -0.39 is 0 Å². The predicted molar refractivity (Wildman–Crippen MR) is 63.1 cm³/mol. The van der Waals surface area contributed by atoms with E-state index in [-0.39, 0.29) is 0 Å². The monoisotopic (exact) mass is 292 g/mol. The number of anilines is 2. The van der Waals surface area contributed by atoms with Gasteiger partial charge in [0.1, 0.15) is 5.82 Å². The van der Waals surface area contributed by atoms with Crippen LogP contribution in [-0.2, 0) is 0 Å². The van der Waals surface area contributed by atoms with Gasteiger partial charge < -0.3 is 10.6 Å². The van der Waals surface area contributed by atoms with Crippen molar-refractivity contribution in [2.45, 2.75) is 13.3 Å². The Morgan fingerprint density at radius 1 is 1.54 bits per heavy atom. The molecule has 1 aromatic rings. The lowest BCUT2D eigenvalue weighted by Gasteiger charge is -2.07. The van der Waals surface area contributed by atoms with Crippen molar-refractivity contribution >= 4 is 34.4 Å². The normalized spacial score (nSPS) is 9.77. The average Bonchev–Trinajstić information content (AvgIpc) is 2.17. The molecule has 72 valence electrons. The molecule has 0 fully saturated rings. The fraction of sp³-hybridized carbons (Fsp3) is 0.500. The third-order valence-electron chi connectivity index (χ3n) is 1.51. The number of nitrogens with one attached hydrogen (secondary N) is 2. The molecule has 1 heterocycles. The first-order chi connectivity index (χ1) is 6.27. The smallest absolute Gasteiger partial charge is 0.224 e. The van der Waals surface area contributed by atoms with Crippen LogP contribution in [0.1, 0.15) is 13.3 Å². The van der Waals surface area contributed by atoms with Crippen molar-refractivity contribution in [3.63, 3.8) is 0 Å². The Morgan fingerprint density at radius 2 is 2.31 bits per heavy atom. The molecule has 2 N–H and O–H groups in total.